The normalized spacial score (nSPS) is 13.5. The second-order valence-electron chi connectivity index (χ2n) is 3.97. The fourth-order valence-corrected chi connectivity index (χ4v) is 2.23. The lowest BCUT2D eigenvalue weighted by atomic mass is 10.0. The van der Waals surface area contributed by atoms with Crippen molar-refractivity contribution < 1.29 is 0 Å². The van der Waals surface area contributed by atoms with Crippen molar-refractivity contribution in [3.05, 3.63) is 16.1 Å². The summed E-state index contributed by atoms with van der Waals surface area (Å²) in [6.07, 6.45) is 4.19. The van der Waals surface area contributed by atoms with Crippen molar-refractivity contribution in [1.82, 2.24) is 10.4 Å². The Labute approximate surface area is 89.7 Å². The van der Waals surface area contributed by atoms with Crippen molar-refractivity contribution in [2.24, 2.45) is 11.8 Å². The summed E-state index contributed by atoms with van der Waals surface area (Å²) in [5, 5.41) is 1.10. The number of nitrogens with one attached hydrogen (secondary N) is 1. The lowest BCUT2D eigenvalue weighted by molar-refractivity contribution is 0.452. The second kappa shape index (κ2) is 5.44. The van der Waals surface area contributed by atoms with Crippen LogP contribution in [0.25, 0.3) is 0 Å². The number of hydrogen-bond donors (Lipinski definition) is 2. The lowest BCUT2D eigenvalue weighted by Crippen LogP contribution is -2.27. The molecule has 0 saturated carbocycles. The molecule has 3 nitrogen and oxygen atoms in total. The molecule has 14 heavy (non-hydrogen) atoms. The molecule has 0 saturated heterocycles. The number of hydrogen-bond acceptors (Lipinski definition) is 4. The number of thiazole rings is 1. The minimum Gasteiger partial charge on any atom is -0.271 e. The molecule has 0 aliphatic heterocycles. The van der Waals surface area contributed by atoms with E-state index in [-0.39, 0.29) is 6.04 Å². The molecule has 0 aliphatic carbocycles. The molecule has 1 heterocycles. The van der Waals surface area contributed by atoms with Crippen LogP contribution in [0.5, 0.6) is 0 Å². The molecule has 80 valence electrons. The van der Waals surface area contributed by atoms with Gasteiger partial charge in [-0.15, -0.1) is 11.3 Å². The predicted molar refractivity (Wildman–Crippen MR) is 61.0 cm³/mol. The van der Waals surface area contributed by atoms with Crippen molar-refractivity contribution in [3.63, 3.8) is 0 Å². The van der Waals surface area contributed by atoms with Crippen LogP contribution in [-0.4, -0.2) is 4.98 Å². The van der Waals surface area contributed by atoms with Gasteiger partial charge < -0.3 is 0 Å². The highest BCUT2D eigenvalue weighted by Crippen LogP contribution is 2.24. The van der Waals surface area contributed by atoms with Crippen LogP contribution in [0.15, 0.2) is 6.20 Å². The standard InChI is InChI=1S/C10H19N3S/c1-7(2)4-5-9(13-11)10-6-12-8(3)14-10/h6-7,9,13H,4-5,11H2,1-3H3. The van der Waals surface area contributed by atoms with E-state index in [0.717, 1.165) is 17.3 Å². The Morgan fingerprint density at radius 1 is 1.50 bits per heavy atom. The summed E-state index contributed by atoms with van der Waals surface area (Å²) in [5.41, 5.74) is 2.86. The minimum atomic E-state index is 0.267. The van der Waals surface area contributed by atoms with Gasteiger partial charge in [0, 0.05) is 11.1 Å². The first-order valence-corrected chi connectivity index (χ1v) is 5.83. The van der Waals surface area contributed by atoms with Crippen LogP contribution in [0.3, 0.4) is 0 Å². The summed E-state index contributed by atoms with van der Waals surface area (Å²) in [5.74, 6) is 6.25. The zero-order chi connectivity index (χ0) is 10.6. The van der Waals surface area contributed by atoms with Crippen LogP contribution in [0.4, 0.5) is 0 Å². The van der Waals surface area contributed by atoms with Gasteiger partial charge in [0.25, 0.3) is 0 Å². The topological polar surface area (TPSA) is 50.9 Å². The van der Waals surface area contributed by atoms with Gasteiger partial charge in [-0.25, -0.2) is 4.98 Å². The molecule has 1 atom stereocenters. The molecule has 3 N–H and O–H groups in total. The Bertz CT molecular complexity index is 270. The van der Waals surface area contributed by atoms with Gasteiger partial charge in [-0.3, -0.25) is 11.3 Å². The summed E-state index contributed by atoms with van der Waals surface area (Å²) in [6, 6.07) is 0.267. The molecule has 0 spiro atoms. The SMILES string of the molecule is Cc1ncc(C(CCC(C)C)NN)s1. The van der Waals surface area contributed by atoms with Gasteiger partial charge in [0.15, 0.2) is 0 Å². The molecule has 1 aromatic rings. The molecular weight excluding hydrogens is 194 g/mol. The van der Waals surface area contributed by atoms with E-state index in [0.29, 0.717) is 0 Å². The molecule has 1 aromatic heterocycles. The maximum atomic E-state index is 5.53. The maximum absolute atomic E-state index is 5.53. The Kier molecular flexibility index (Phi) is 4.51. The molecule has 0 fully saturated rings. The average molecular weight is 213 g/mol. The summed E-state index contributed by atoms with van der Waals surface area (Å²) >= 11 is 1.72. The van der Waals surface area contributed by atoms with Crippen LogP contribution < -0.4 is 11.3 Å². The number of nitrogens with two attached hydrogens (primary N) is 1. The van der Waals surface area contributed by atoms with Crippen LogP contribution >= 0.6 is 11.3 Å². The first-order chi connectivity index (χ1) is 6.63. The molecule has 0 bridgehead atoms. The van der Waals surface area contributed by atoms with Crippen LogP contribution in [0.2, 0.25) is 0 Å². The summed E-state index contributed by atoms with van der Waals surface area (Å²) in [4.78, 5) is 5.48. The minimum absolute atomic E-state index is 0.267. The zero-order valence-electron chi connectivity index (χ0n) is 9.08. The van der Waals surface area contributed by atoms with Crippen molar-refractivity contribution in [3.8, 4) is 0 Å². The van der Waals surface area contributed by atoms with Gasteiger partial charge in [0.05, 0.1) is 11.0 Å². The van der Waals surface area contributed by atoms with Gasteiger partial charge in [0.2, 0.25) is 0 Å². The molecule has 0 aliphatic rings. The van der Waals surface area contributed by atoms with Crippen molar-refractivity contribution in [2.75, 3.05) is 0 Å². The van der Waals surface area contributed by atoms with Gasteiger partial charge in [-0.1, -0.05) is 13.8 Å². The smallest absolute Gasteiger partial charge is 0.0897 e. The molecule has 1 unspecified atom stereocenters. The fraction of sp³-hybridized carbons (Fsp3) is 0.700. The first kappa shape index (κ1) is 11.6. The first-order valence-electron chi connectivity index (χ1n) is 5.02. The van der Waals surface area contributed by atoms with Crippen molar-refractivity contribution >= 4 is 11.3 Å². The molecule has 0 aromatic carbocycles. The van der Waals surface area contributed by atoms with Gasteiger partial charge in [-0.05, 0) is 25.7 Å². The summed E-state index contributed by atoms with van der Waals surface area (Å²) in [6.45, 7) is 6.47. The third kappa shape index (κ3) is 3.36. The van der Waals surface area contributed by atoms with E-state index in [1.807, 2.05) is 13.1 Å². The molecular formula is C10H19N3S. The van der Waals surface area contributed by atoms with Gasteiger partial charge in [0.1, 0.15) is 0 Å². The molecule has 0 radical (unpaired) electrons. The molecule has 4 heteroatoms. The fourth-order valence-electron chi connectivity index (χ4n) is 1.35. The maximum Gasteiger partial charge on any atom is 0.0897 e. The number of nitrogens with zero attached hydrogens (tertiary/aromatic N) is 1. The summed E-state index contributed by atoms with van der Waals surface area (Å²) < 4.78 is 0. The van der Waals surface area contributed by atoms with Crippen molar-refractivity contribution in [2.45, 2.75) is 39.7 Å². The largest absolute Gasteiger partial charge is 0.271 e. The number of rotatable bonds is 5. The Hall–Kier alpha value is -0.450. The second-order valence-corrected chi connectivity index (χ2v) is 5.24. The van der Waals surface area contributed by atoms with E-state index in [1.54, 1.807) is 11.3 Å². The monoisotopic (exact) mass is 213 g/mol. The highest BCUT2D eigenvalue weighted by Gasteiger charge is 2.12. The van der Waals surface area contributed by atoms with E-state index in [4.69, 9.17) is 5.84 Å². The van der Waals surface area contributed by atoms with Crippen LogP contribution in [0.1, 0.15) is 42.6 Å². The number of aryl methyl sites for hydroxylation is 1. The zero-order valence-corrected chi connectivity index (χ0v) is 9.90. The van der Waals surface area contributed by atoms with Crippen LogP contribution in [-0.2, 0) is 0 Å². The third-order valence-electron chi connectivity index (χ3n) is 2.22. The number of hydrazine groups is 1. The third-order valence-corrected chi connectivity index (χ3v) is 3.24. The van der Waals surface area contributed by atoms with Crippen molar-refractivity contribution in [1.29, 1.82) is 0 Å². The van der Waals surface area contributed by atoms with Gasteiger partial charge in [-0.2, -0.15) is 0 Å². The number of aromatic nitrogens is 1. The lowest BCUT2D eigenvalue weighted by Gasteiger charge is -2.14. The molecule has 1 rings (SSSR count). The van der Waals surface area contributed by atoms with E-state index >= 15 is 0 Å². The Morgan fingerprint density at radius 3 is 2.64 bits per heavy atom. The Morgan fingerprint density at radius 2 is 2.21 bits per heavy atom. The van der Waals surface area contributed by atoms with E-state index in [9.17, 15) is 0 Å². The quantitative estimate of drug-likeness (QED) is 0.583. The van der Waals surface area contributed by atoms with E-state index in [1.165, 1.54) is 11.3 Å². The average Bonchev–Trinajstić information content (AvgIpc) is 2.53. The van der Waals surface area contributed by atoms with Crippen LogP contribution in [0, 0.1) is 12.8 Å². The Balaban J connectivity index is 2.54. The summed E-state index contributed by atoms with van der Waals surface area (Å²) in [7, 11) is 0. The predicted octanol–water partition coefficient (Wildman–Crippen LogP) is 2.39. The van der Waals surface area contributed by atoms with E-state index < -0.39 is 0 Å². The van der Waals surface area contributed by atoms with E-state index in [2.05, 4.69) is 24.3 Å². The highest BCUT2D eigenvalue weighted by atomic mass is 32.1. The highest BCUT2D eigenvalue weighted by molar-refractivity contribution is 7.11. The van der Waals surface area contributed by atoms with Gasteiger partial charge >= 0.3 is 0 Å². The molecule has 0 amide bonds.